The van der Waals surface area contributed by atoms with Crippen molar-refractivity contribution in [1.82, 2.24) is 24.6 Å². The third-order valence-corrected chi connectivity index (χ3v) is 4.70. The van der Waals surface area contributed by atoms with Crippen LogP contribution in [0, 0.1) is 0 Å². The quantitative estimate of drug-likeness (QED) is 0.247. The van der Waals surface area contributed by atoms with Gasteiger partial charge in [0.2, 0.25) is 0 Å². The standard InChI is InChI=1S/2C7H6N2.C7H5NS.3C2H6/c1-2-5-9-6-4-8-7(9)3-1;1-2-4-7-6(3-1)5-8-9-7;1-2-4-7-6(3-1)8-5-9-7;3*1-2/h1-6H;1-5H,(H,8,9);1-5H;3*1-2H3. The predicted molar refractivity (Wildman–Crippen MR) is 145 cm³/mol. The summed E-state index contributed by atoms with van der Waals surface area (Å²) in [5.41, 5.74) is 5.06. The summed E-state index contributed by atoms with van der Waals surface area (Å²) in [6.07, 6.45) is 7.50. The minimum Gasteiger partial charge on any atom is -0.307 e. The number of aromatic amines is 1. The van der Waals surface area contributed by atoms with Crippen LogP contribution in [-0.4, -0.2) is 24.6 Å². The molecule has 0 amide bonds. The van der Waals surface area contributed by atoms with Crippen molar-refractivity contribution in [2.24, 2.45) is 0 Å². The van der Waals surface area contributed by atoms with Crippen molar-refractivity contribution in [2.45, 2.75) is 41.5 Å². The van der Waals surface area contributed by atoms with E-state index in [0.29, 0.717) is 0 Å². The molecule has 0 aliphatic carbocycles. The second kappa shape index (κ2) is 17.1. The lowest BCUT2D eigenvalue weighted by Crippen LogP contribution is -1.77. The number of pyridine rings is 1. The molecule has 0 spiro atoms. The molecule has 4 aromatic heterocycles. The van der Waals surface area contributed by atoms with Gasteiger partial charge in [0.25, 0.3) is 0 Å². The molecule has 0 radical (unpaired) electrons. The topological polar surface area (TPSA) is 58.9 Å². The fourth-order valence-corrected chi connectivity index (χ4v) is 3.23. The average molecular weight is 462 g/mol. The van der Waals surface area contributed by atoms with Gasteiger partial charge in [-0.3, -0.25) is 5.10 Å². The minimum atomic E-state index is 0.998. The zero-order valence-corrected chi connectivity index (χ0v) is 21.3. The Kier molecular flexibility index (Phi) is 14.3. The van der Waals surface area contributed by atoms with Crippen LogP contribution in [-0.2, 0) is 0 Å². The van der Waals surface area contributed by atoms with Crippen molar-refractivity contribution in [1.29, 1.82) is 0 Å². The summed E-state index contributed by atoms with van der Waals surface area (Å²) < 4.78 is 3.23. The van der Waals surface area contributed by atoms with Crippen molar-refractivity contribution in [3.8, 4) is 0 Å². The molecule has 33 heavy (non-hydrogen) atoms. The van der Waals surface area contributed by atoms with E-state index in [1.54, 1.807) is 17.5 Å². The Labute approximate surface area is 201 Å². The van der Waals surface area contributed by atoms with Crippen LogP contribution >= 0.6 is 11.3 Å². The number of para-hydroxylation sites is 2. The maximum absolute atomic E-state index is 4.14. The van der Waals surface area contributed by atoms with Crippen LogP contribution in [0.25, 0.3) is 26.8 Å². The highest BCUT2D eigenvalue weighted by atomic mass is 32.1. The van der Waals surface area contributed by atoms with Crippen molar-refractivity contribution in [2.75, 3.05) is 0 Å². The SMILES string of the molecule is CC.CC.CC.c1ccc2[nH]ncc2c1.c1ccc2scnc2c1.c1ccn2ccnc2c1. The number of aromatic nitrogens is 5. The highest BCUT2D eigenvalue weighted by Crippen LogP contribution is 2.15. The van der Waals surface area contributed by atoms with Crippen LogP contribution in [0.2, 0.25) is 0 Å². The summed E-state index contributed by atoms with van der Waals surface area (Å²) in [5, 5.41) is 7.91. The highest BCUT2D eigenvalue weighted by molar-refractivity contribution is 7.16. The number of imidazole rings is 1. The zero-order valence-electron chi connectivity index (χ0n) is 20.4. The number of H-pyrrole nitrogens is 1. The van der Waals surface area contributed by atoms with Gasteiger partial charge < -0.3 is 4.40 Å². The van der Waals surface area contributed by atoms with Gasteiger partial charge in [-0.1, -0.05) is 77.9 Å². The molecule has 0 unspecified atom stereocenters. The molecule has 0 bridgehead atoms. The van der Waals surface area contributed by atoms with Crippen molar-refractivity contribution in [3.05, 3.63) is 97.0 Å². The molecule has 2 aromatic carbocycles. The molecule has 0 fully saturated rings. The first-order chi connectivity index (χ1) is 16.4. The smallest absolute Gasteiger partial charge is 0.136 e. The molecule has 174 valence electrons. The van der Waals surface area contributed by atoms with Crippen molar-refractivity contribution < 1.29 is 0 Å². The zero-order chi connectivity index (χ0) is 24.3. The van der Waals surface area contributed by atoms with E-state index in [4.69, 9.17) is 0 Å². The highest BCUT2D eigenvalue weighted by Gasteiger charge is 1.90. The van der Waals surface area contributed by atoms with Gasteiger partial charge in [-0.2, -0.15) is 5.10 Å². The molecule has 0 aliphatic heterocycles. The van der Waals surface area contributed by atoms with E-state index in [-0.39, 0.29) is 0 Å². The summed E-state index contributed by atoms with van der Waals surface area (Å²) in [6, 6.07) is 22.1. The van der Waals surface area contributed by atoms with Gasteiger partial charge in [0, 0.05) is 24.0 Å². The summed E-state index contributed by atoms with van der Waals surface area (Å²) in [7, 11) is 0. The fraction of sp³-hybridized carbons (Fsp3) is 0.222. The first-order valence-corrected chi connectivity index (χ1v) is 12.3. The lowest BCUT2D eigenvalue weighted by atomic mass is 10.3. The number of benzene rings is 2. The summed E-state index contributed by atoms with van der Waals surface area (Å²) in [6.45, 7) is 12.0. The molecule has 6 aromatic rings. The van der Waals surface area contributed by atoms with Gasteiger partial charge >= 0.3 is 0 Å². The van der Waals surface area contributed by atoms with E-state index >= 15 is 0 Å². The van der Waals surface area contributed by atoms with E-state index in [9.17, 15) is 0 Å². The van der Waals surface area contributed by atoms with Crippen LogP contribution in [0.5, 0.6) is 0 Å². The monoisotopic (exact) mass is 461 g/mol. The van der Waals surface area contributed by atoms with Crippen LogP contribution in [0.4, 0.5) is 0 Å². The van der Waals surface area contributed by atoms with Crippen molar-refractivity contribution in [3.63, 3.8) is 0 Å². The number of rotatable bonds is 0. The summed E-state index contributed by atoms with van der Waals surface area (Å²) in [5.74, 6) is 0. The van der Waals surface area contributed by atoms with E-state index in [1.807, 2.05) is 131 Å². The second-order valence-corrected chi connectivity index (χ2v) is 6.56. The van der Waals surface area contributed by atoms with Crippen LogP contribution in [0.15, 0.2) is 97.0 Å². The Hall–Kier alpha value is -3.51. The molecule has 6 heteroatoms. The van der Waals surface area contributed by atoms with Crippen LogP contribution in [0.3, 0.4) is 0 Å². The molecule has 0 saturated heterocycles. The number of fused-ring (bicyclic) bond motifs is 3. The predicted octanol–water partition coefficient (Wildman–Crippen LogP) is 8.27. The molecular formula is C27H35N5S. The summed E-state index contributed by atoms with van der Waals surface area (Å²) in [4.78, 5) is 8.22. The fourth-order valence-electron chi connectivity index (χ4n) is 2.55. The number of hydrogen-bond acceptors (Lipinski definition) is 4. The van der Waals surface area contributed by atoms with E-state index in [1.165, 1.54) is 4.70 Å². The lowest BCUT2D eigenvalue weighted by Gasteiger charge is -1.86. The molecule has 0 saturated carbocycles. The Morgan fingerprint density at radius 2 is 1.42 bits per heavy atom. The Morgan fingerprint density at radius 1 is 0.727 bits per heavy atom. The molecule has 0 atom stereocenters. The van der Waals surface area contributed by atoms with Gasteiger partial charge in [0.15, 0.2) is 0 Å². The maximum atomic E-state index is 4.14. The molecule has 5 nitrogen and oxygen atoms in total. The third-order valence-electron chi connectivity index (χ3n) is 3.89. The summed E-state index contributed by atoms with van der Waals surface area (Å²) >= 11 is 1.68. The van der Waals surface area contributed by atoms with Gasteiger partial charge in [0.1, 0.15) is 5.65 Å². The third kappa shape index (κ3) is 8.86. The van der Waals surface area contributed by atoms with Gasteiger partial charge in [0.05, 0.1) is 27.4 Å². The lowest BCUT2D eigenvalue weighted by molar-refractivity contribution is 1.12. The van der Waals surface area contributed by atoms with Gasteiger partial charge in [-0.25, -0.2) is 9.97 Å². The maximum Gasteiger partial charge on any atom is 0.136 e. The molecular weight excluding hydrogens is 426 g/mol. The molecule has 4 heterocycles. The molecule has 0 aliphatic rings. The van der Waals surface area contributed by atoms with E-state index < -0.39 is 0 Å². The number of nitrogens with one attached hydrogen (secondary N) is 1. The number of hydrogen-bond donors (Lipinski definition) is 1. The normalized spacial score (nSPS) is 8.91. The Morgan fingerprint density at radius 3 is 2.15 bits per heavy atom. The first kappa shape index (κ1) is 27.5. The second-order valence-electron chi connectivity index (χ2n) is 5.67. The van der Waals surface area contributed by atoms with Gasteiger partial charge in [-0.15, -0.1) is 11.3 Å². The Bertz CT molecular complexity index is 1010. The number of thiazole rings is 1. The molecule has 6 rings (SSSR count). The Balaban J connectivity index is 0.000000222. The van der Waals surface area contributed by atoms with E-state index in [0.717, 1.165) is 22.1 Å². The number of nitrogens with zero attached hydrogens (tertiary/aromatic N) is 4. The van der Waals surface area contributed by atoms with E-state index in [2.05, 4.69) is 26.2 Å². The van der Waals surface area contributed by atoms with Crippen LogP contribution < -0.4 is 0 Å². The first-order valence-electron chi connectivity index (χ1n) is 11.4. The van der Waals surface area contributed by atoms with Crippen molar-refractivity contribution >= 4 is 38.1 Å². The average Bonchev–Trinajstić information content (AvgIpc) is 3.69. The van der Waals surface area contributed by atoms with Crippen LogP contribution in [0.1, 0.15) is 41.5 Å². The molecule has 1 N–H and O–H groups in total. The largest absolute Gasteiger partial charge is 0.307 e. The van der Waals surface area contributed by atoms with Gasteiger partial charge in [-0.05, 0) is 30.3 Å². The minimum absolute atomic E-state index is 0.998.